The topological polar surface area (TPSA) is 186 Å². The summed E-state index contributed by atoms with van der Waals surface area (Å²) in [5.41, 5.74) is -1.19. The number of hydrogen-bond acceptors (Lipinski definition) is 10. The molecule has 260 valence electrons. The second kappa shape index (κ2) is 13.1. The van der Waals surface area contributed by atoms with E-state index in [-0.39, 0.29) is 25.5 Å². The zero-order valence-corrected chi connectivity index (χ0v) is 28.2. The van der Waals surface area contributed by atoms with E-state index in [0.29, 0.717) is 43.2 Å². The van der Waals surface area contributed by atoms with Crippen molar-refractivity contribution in [3.05, 3.63) is 36.4 Å². The van der Waals surface area contributed by atoms with Crippen LogP contribution in [0.1, 0.15) is 78.6 Å². The third kappa shape index (κ3) is 7.61. The summed E-state index contributed by atoms with van der Waals surface area (Å²) in [5, 5.41) is 4.93. The zero-order chi connectivity index (χ0) is 34.3. The summed E-state index contributed by atoms with van der Waals surface area (Å²) in [6, 6.07) is 5.02. The molecule has 5 atom stereocenters. The SMILES string of the molecule is CC(C)(C)OC(=O)N[C@H]1CCCCC/C=C\[C@@H]2C[C@@]2(C(=O)NS(=O)(=O)C2CC2)NC(=O)[C@@H]2C[C@@H](Oc3nc4ccccc4o3)CN2C1=O. The van der Waals surface area contributed by atoms with Gasteiger partial charge in [-0.2, -0.15) is 4.98 Å². The first-order chi connectivity index (χ1) is 22.7. The van der Waals surface area contributed by atoms with E-state index in [4.69, 9.17) is 13.9 Å². The molecule has 4 aliphatic rings. The van der Waals surface area contributed by atoms with Crippen molar-refractivity contribution in [1.82, 2.24) is 25.2 Å². The minimum atomic E-state index is -3.87. The summed E-state index contributed by atoms with van der Waals surface area (Å²) in [4.78, 5) is 60.5. The zero-order valence-electron chi connectivity index (χ0n) is 27.4. The van der Waals surface area contributed by atoms with Gasteiger partial charge in [0.05, 0.1) is 11.8 Å². The van der Waals surface area contributed by atoms with Crippen LogP contribution in [0.2, 0.25) is 0 Å². The van der Waals surface area contributed by atoms with Crippen molar-refractivity contribution in [2.45, 2.75) is 113 Å². The minimum absolute atomic E-state index is 0.0197. The molecule has 0 radical (unpaired) electrons. The number of nitrogens with one attached hydrogen (secondary N) is 3. The Balaban J connectivity index is 1.28. The highest BCUT2D eigenvalue weighted by molar-refractivity contribution is 7.91. The number of alkyl carbamates (subject to hydrolysis) is 1. The molecule has 3 fully saturated rings. The average Bonchev–Trinajstić information content (AvgIpc) is 3.89. The van der Waals surface area contributed by atoms with Crippen LogP contribution < -0.4 is 20.1 Å². The van der Waals surface area contributed by atoms with Gasteiger partial charge in [-0.05, 0) is 71.4 Å². The molecule has 48 heavy (non-hydrogen) atoms. The lowest BCUT2D eigenvalue weighted by Crippen LogP contribution is -2.58. The number of hydrogen-bond donors (Lipinski definition) is 3. The van der Waals surface area contributed by atoms with Crippen LogP contribution in [0.15, 0.2) is 40.8 Å². The van der Waals surface area contributed by atoms with Gasteiger partial charge in [0.15, 0.2) is 5.58 Å². The number of benzene rings is 1. The maximum absolute atomic E-state index is 14.2. The van der Waals surface area contributed by atoms with E-state index in [2.05, 4.69) is 20.3 Å². The number of nitrogens with zero attached hydrogens (tertiary/aromatic N) is 2. The van der Waals surface area contributed by atoms with Crippen molar-refractivity contribution in [2.24, 2.45) is 5.92 Å². The molecule has 1 aromatic carbocycles. The number of carbonyl (C=O) groups excluding carboxylic acids is 4. The summed E-state index contributed by atoms with van der Waals surface area (Å²) in [5.74, 6) is -2.34. The number of allylic oxidation sites excluding steroid dienone is 1. The standard InChI is InChI=1S/C33H43N5O9S/c1-32(2,3)47-30(42)34-24-13-8-6-4-5-7-11-20-18-33(20,29(41)37-48(43,44)22-15-16-22)36-27(39)25-17-21(19-38(25)28(24)40)45-31-35-23-12-9-10-14-26(23)46-31/h7,9-12,14,20-22,24-25H,4-6,8,13,15-19H2,1-3H3,(H,34,42)(H,36,39)(H,37,41)/b11-7-/t20-,21-,24+,25+,33-/m1/s1. The van der Waals surface area contributed by atoms with Crippen LogP contribution in [0.4, 0.5) is 4.79 Å². The minimum Gasteiger partial charge on any atom is -0.445 e. The van der Waals surface area contributed by atoms with Crippen molar-refractivity contribution >= 4 is 44.9 Å². The number of fused-ring (bicyclic) bond motifs is 3. The number of oxazole rings is 1. The quantitative estimate of drug-likeness (QED) is 0.382. The third-order valence-electron chi connectivity index (χ3n) is 9.08. The first-order valence-corrected chi connectivity index (χ1v) is 18.2. The van der Waals surface area contributed by atoms with Gasteiger partial charge in [-0.1, -0.05) is 37.1 Å². The Bertz CT molecular complexity index is 1680. The monoisotopic (exact) mass is 685 g/mol. The fourth-order valence-electron chi connectivity index (χ4n) is 6.34. The lowest BCUT2D eigenvalue weighted by molar-refractivity contribution is -0.141. The smallest absolute Gasteiger partial charge is 0.408 e. The van der Waals surface area contributed by atoms with Gasteiger partial charge in [-0.25, -0.2) is 13.2 Å². The Morgan fingerprint density at radius 1 is 1.10 bits per heavy atom. The Morgan fingerprint density at radius 3 is 2.60 bits per heavy atom. The average molecular weight is 686 g/mol. The van der Waals surface area contributed by atoms with Crippen LogP contribution in [-0.4, -0.2) is 83.2 Å². The Hall–Kier alpha value is -4.14. The van der Waals surface area contributed by atoms with Crippen molar-refractivity contribution in [3.8, 4) is 6.08 Å². The highest BCUT2D eigenvalue weighted by Crippen LogP contribution is 2.46. The first kappa shape index (κ1) is 33.7. The molecule has 0 bridgehead atoms. The number of sulfonamides is 1. The summed E-state index contributed by atoms with van der Waals surface area (Å²) in [7, 11) is -3.87. The fraction of sp³-hybridized carbons (Fsp3) is 0.606. The van der Waals surface area contributed by atoms with Crippen molar-refractivity contribution in [3.63, 3.8) is 0 Å². The van der Waals surface area contributed by atoms with Gasteiger partial charge in [-0.15, -0.1) is 0 Å². The van der Waals surface area contributed by atoms with Crippen LogP contribution in [0, 0.1) is 5.92 Å². The molecular formula is C33H43N5O9S. The molecule has 4 amide bonds. The number of ether oxygens (including phenoxy) is 2. The van der Waals surface area contributed by atoms with E-state index in [9.17, 15) is 27.6 Å². The fourth-order valence-corrected chi connectivity index (χ4v) is 7.71. The molecule has 3 heterocycles. The molecule has 0 spiro atoms. The number of carbonyl (C=O) groups is 4. The summed E-state index contributed by atoms with van der Waals surface area (Å²) in [6.07, 6.45) is 6.72. The Morgan fingerprint density at radius 2 is 1.88 bits per heavy atom. The number of aromatic nitrogens is 1. The van der Waals surface area contributed by atoms with Gasteiger partial charge in [0, 0.05) is 12.3 Å². The normalized spacial score (nSPS) is 29.0. The maximum atomic E-state index is 14.2. The van der Waals surface area contributed by atoms with Crippen LogP contribution >= 0.6 is 0 Å². The van der Waals surface area contributed by atoms with E-state index in [1.54, 1.807) is 39.0 Å². The van der Waals surface area contributed by atoms with E-state index < -0.39 is 74.3 Å². The molecule has 14 nitrogen and oxygen atoms in total. The second-order valence-corrected chi connectivity index (χ2v) is 16.1. The van der Waals surface area contributed by atoms with E-state index >= 15 is 0 Å². The van der Waals surface area contributed by atoms with Gasteiger partial charge in [0.1, 0.15) is 34.8 Å². The Labute approximate surface area is 279 Å². The number of rotatable bonds is 6. The van der Waals surface area contributed by atoms with Crippen molar-refractivity contribution < 1.29 is 41.5 Å². The third-order valence-corrected chi connectivity index (χ3v) is 10.9. The molecule has 1 aromatic heterocycles. The van der Waals surface area contributed by atoms with Crippen molar-refractivity contribution in [2.75, 3.05) is 6.54 Å². The molecule has 0 unspecified atom stereocenters. The van der Waals surface area contributed by atoms with E-state index in [1.165, 1.54) is 4.90 Å². The largest absolute Gasteiger partial charge is 0.445 e. The van der Waals surface area contributed by atoms with Gasteiger partial charge in [0.25, 0.3) is 5.91 Å². The second-order valence-electron chi connectivity index (χ2n) is 14.1. The molecule has 2 aromatic rings. The predicted molar refractivity (Wildman–Crippen MR) is 173 cm³/mol. The summed E-state index contributed by atoms with van der Waals surface area (Å²) in [6.45, 7) is 5.14. The van der Waals surface area contributed by atoms with E-state index in [1.807, 2.05) is 18.2 Å². The van der Waals surface area contributed by atoms with Gasteiger partial charge >= 0.3 is 12.2 Å². The lowest BCUT2D eigenvalue weighted by Gasteiger charge is -2.30. The predicted octanol–water partition coefficient (Wildman–Crippen LogP) is 3.07. The lowest BCUT2D eigenvalue weighted by atomic mass is 10.0. The molecule has 6 rings (SSSR count). The number of amides is 4. The van der Waals surface area contributed by atoms with Gasteiger partial charge < -0.3 is 29.4 Å². The highest BCUT2D eigenvalue weighted by atomic mass is 32.2. The van der Waals surface area contributed by atoms with Crippen LogP contribution in [0.3, 0.4) is 0 Å². The van der Waals surface area contributed by atoms with Gasteiger partial charge in [-0.3, -0.25) is 19.1 Å². The van der Waals surface area contributed by atoms with E-state index in [0.717, 1.165) is 12.8 Å². The molecular weight excluding hydrogens is 642 g/mol. The molecule has 15 heteroatoms. The molecule has 1 saturated heterocycles. The van der Waals surface area contributed by atoms with Crippen LogP contribution in [0.5, 0.6) is 6.08 Å². The van der Waals surface area contributed by atoms with Gasteiger partial charge in [0.2, 0.25) is 21.8 Å². The van der Waals surface area contributed by atoms with Crippen LogP contribution in [0.25, 0.3) is 11.1 Å². The summed E-state index contributed by atoms with van der Waals surface area (Å²) < 4.78 is 44.9. The molecule has 2 aliphatic heterocycles. The van der Waals surface area contributed by atoms with Crippen LogP contribution in [-0.2, 0) is 29.1 Å². The Kier molecular flexibility index (Phi) is 9.18. The molecule has 3 N–H and O–H groups in total. The number of para-hydroxylation sites is 2. The molecule has 2 saturated carbocycles. The summed E-state index contributed by atoms with van der Waals surface area (Å²) >= 11 is 0. The maximum Gasteiger partial charge on any atom is 0.408 e. The highest BCUT2D eigenvalue weighted by Gasteiger charge is 2.62. The first-order valence-electron chi connectivity index (χ1n) is 16.6. The molecule has 2 aliphatic carbocycles. The van der Waals surface area contributed by atoms with Crippen molar-refractivity contribution in [1.29, 1.82) is 0 Å².